The van der Waals surface area contributed by atoms with Crippen LogP contribution in [0.5, 0.6) is 0 Å². The number of carbonyl (C=O) groups excluding carboxylic acids is 1. The summed E-state index contributed by atoms with van der Waals surface area (Å²) < 4.78 is 29.3. The number of halogens is 2. The molecule has 0 fully saturated rings. The molecule has 0 aliphatic rings. The number of hydrogen-bond acceptors (Lipinski definition) is 4. The molecule has 0 aliphatic carbocycles. The number of thiazole rings is 1. The molecule has 1 heterocycles. The van der Waals surface area contributed by atoms with E-state index in [0.717, 1.165) is 0 Å². The smallest absolute Gasteiger partial charge is 0.361 e. The van der Waals surface area contributed by atoms with Crippen molar-refractivity contribution in [3.8, 4) is 0 Å². The Morgan fingerprint density at radius 1 is 1.67 bits per heavy atom. The van der Waals surface area contributed by atoms with Crippen molar-refractivity contribution in [1.29, 1.82) is 0 Å². The third-order valence-electron chi connectivity index (χ3n) is 1.03. The predicted octanol–water partition coefficient (Wildman–Crippen LogP) is 1.60. The zero-order valence-corrected chi connectivity index (χ0v) is 6.95. The number of rotatable bonds is 2. The summed E-state index contributed by atoms with van der Waals surface area (Å²) >= 11 is 0.178. The molecule has 12 heavy (non-hydrogen) atoms. The molecule has 1 aromatic rings. The van der Waals surface area contributed by atoms with Crippen molar-refractivity contribution in [1.82, 2.24) is 4.98 Å². The number of ether oxygens (including phenoxy) is 1. The zero-order chi connectivity index (χ0) is 9.14. The second-order valence-corrected chi connectivity index (χ2v) is 2.71. The van der Waals surface area contributed by atoms with Crippen molar-refractivity contribution < 1.29 is 18.3 Å². The Morgan fingerprint density at radius 3 is 2.75 bits per heavy atom. The summed E-state index contributed by atoms with van der Waals surface area (Å²) in [5.41, 5.74) is -0.584. The van der Waals surface area contributed by atoms with Crippen LogP contribution < -0.4 is 0 Å². The molecule has 1 aromatic heterocycles. The lowest BCUT2D eigenvalue weighted by Crippen LogP contribution is -2.06. The van der Waals surface area contributed by atoms with Gasteiger partial charge >= 0.3 is 5.97 Å². The van der Waals surface area contributed by atoms with Crippen LogP contribution in [0.25, 0.3) is 0 Å². The Morgan fingerprint density at radius 2 is 2.33 bits per heavy atom. The summed E-state index contributed by atoms with van der Waals surface area (Å²) in [5, 5.41) is -1.93. The second-order valence-electron chi connectivity index (χ2n) is 1.81. The van der Waals surface area contributed by atoms with Crippen LogP contribution in [0.15, 0.2) is 0 Å². The first kappa shape index (κ1) is 9.05. The summed E-state index contributed by atoms with van der Waals surface area (Å²) in [6.45, 7) is 1.68. The third kappa shape index (κ3) is 1.76. The second kappa shape index (κ2) is 3.57. The molecule has 0 atom stereocenters. The quantitative estimate of drug-likeness (QED) is 0.669. The summed E-state index contributed by atoms with van der Waals surface area (Å²) in [4.78, 5) is 13.8. The highest BCUT2D eigenvalue weighted by atomic mass is 32.1. The Labute approximate surface area is 71.0 Å². The summed E-state index contributed by atoms with van der Waals surface area (Å²) in [6.07, 6.45) is 0. The van der Waals surface area contributed by atoms with Crippen molar-refractivity contribution in [2.75, 3.05) is 6.61 Å². The molecule has 0 saturated heterocycles. The Kier molecular flexibility index (Phi) is 2.69. The molecular weight excluding hydrogens is 188 g/mol. The van der Waals surface area contributed by atoms with Gasteiger partial charge in [-0.05, 0) is 6.92 Å². The van der Waals surface area contributed by atoms with E-state index in [1.165, 1.54) is 0 Å². The third-order valence-corrected chi connectivity index (χ3v) is 1.66. The van der Waals surface area contributed by atoms with E-state index in [1.807, 2.05) is 0 Å². The molecule has 0 aliphatic heterocycles. The Balaban J connectivity index is 2.87. The average molecular weight is 193 g/mol. The van der Waals surface area contributed by atoms with Gasteiger partial charge in [0.1, 0.15) is 0 Å². The van der Waals surface area contributed by atoms with Gasteiger partial charge in [0.2, 0.25) is 5.13 Å². The van der Waals surface area contributed by atoms with Crippen LogP contribution in [0.3, 0.4) is 0 Å². The van der Waals surface area contributed by atoms with Gasteiger partial charge in [0.05, 0.1) is 6.61 Å². The van der Waals surface area contributed by atoms with Crippen LogP contribution in [-0.2, 0) is 4.74 Å². The lowest BCUT2D eigenvalue weighted by atomic mass is 10.5. The van der Waals surface area contributed by atoms with E-state index in [1.54, 1.807) is 6.92 Å². The maximum atomic E-state index is 12.6. The molecular formula is C6H5F2NO2S. The predicted molar refractivity (Wildman–Crippen MR) is 38.0 cm³/mol. The molecule has 0 unspecified atom stereocenters. The molecule has 6 heteroatoms. The van der Waals surface area contributed by atoms with Crippen LogP contribution in [0.4, 0.5) is 8.78 Å². The van der Waals surface area contributed by atoms with Crippen LogP contribution in [0, 0.1) is 10.4 Å². The first-order valence-electron chi connectivity index (χ1n) is 3.14. The van der Waals surface area contributed by atoms with Crippen LogP contribution >= 0.6 is 11.3 Å². The minimum Gasteiger partial charge on any atom is -0.461 e. The lowest BCUT2D eigenvalue weighted by molar-refractivity contribution is 0.0514. The molecule has 66 valence electrons. The normalized spacial score (nSPS) is 9.92. The highest BCUT2D eigenvalue weighted by molar-refractivity contribution is 7.08. The van der Waals surface area contributed by atoms with Gasteiger partial charge in [-0.3, -0.25) is 0 Å². The van der Waals surface area contributed by atoms with Gasteiger partial charge in [-0.25, -0.2) is 4.79 Å². The molecule has 3 nitrogen and oxygen atoms in total. The standard InChI is InChI=1S/C6H5F2NO2S/c1-2-11-5(10)3-4(7)12-6(8)9-3/h2H2,1H3. The van der Waals surface area contributed by atoms with Gasteiger partial charge in [0.25, 0.3) is 5.26 Å². The molecule has 0 N–H and O–H groups in total. The number of carbonyl (C=O) groups is 1. The first-order chi connectivity index (χ1) is 5.65. The number of aromatic nitrogens is 1. The van der Waals surface area contributed by atoms with Gasteiger partial charge in [0, 0.05) is 0 Å². The molecule has 0 radical (unpaired) electrons. The fourth-order valence-electron chi connectivity index (χ4n) is 0.602. The number of nitrogens with zero attached hydrogens (tertiary/aromatic N) is 1. The van der Waals surface area contributed by atoms with E-state index in [4.69, 9.17) is 0 Å². The van der Waals surface area contributed by atoms with Crippen molar-refractivity contribution in [2.45, 2.75) is 6.92 Å². The highest BCUT2D eigenvalue weighted by Crippen LogP contribution is 2.15. The maximum Gasteiger partial charge on any atom is 0.361 e. The summed E-state index contributed by atoms with van der Waals surface area (Å²) in [6, 6.07) is 0. The molecule has 0 saturated carbocycles. The molecule has 0 spiro atoms. The minimum absolute atomic E-state index is 0.109. The molecule has 0 bridgehead atoms. The van der Waals surface area contributed by atoms with Crippen LogP contribution in [0.2, 0.25) is 0 Å². The fourth-order valence-corrected chi connectivity index (χ4v) is 1.11. The van der Waals surface area contributed by atoms with E-state index < -0.39 is 22.1 Å². The van der Waals surface area contributed by atoms with Crippen LogP contribution in [-0.4, -0.2) is 17.6 Å². The zero-order valence-electron chi connectivity index (χ0n) is 6.13. The van der Waals surface area contributed by atoms with Crippen molar-refractivity contribution >= 4 is 17.3 Å². The van der Waals surface area contributed by atoms with Gasteiger partial charge in [-0.1, -0.05) is 11.3 Å². The Hall–Kier alpha value is -1.04. The van der Waals surface area contributed by atoms with Crippen LogP contribution in [0.1, 0.15) is 17.4 Å². The molecule has 1 rings (SSSR count). The van der Waals surface area contributed by atoms with E-state index in [0.29, 0.717) is 0 Å². The van der Waals surface area contributed by atoms with E-state index in [-0.39, 0.29) is 17.9 Å². The monoisotopic (exact) mass is 193 g/mol. The molecule has 0 aromatic carbocycles. The first-order valence-corrected chi connectivity index (χ1v) is 3.95. The lowest BCUT2D eigenvalue weighted by Gasteiger charge is -1.95. The van der Waals surface area contributed by atoms with E-state index >= 15 is 0 Å². The molecule has 0 amide bonds. The van der Waals surface area contributed by atoms with Gasteiger partial charge in [-0.2, -0.15) is 13.8 Å². The summed E-state index contributed by atoms with van der Waals surface area (Å²) in [5.74, 6) is -0.935. The topological polar surface area (TPSA) is 39.2 Å². The minimum atomic E-state index is -0.976. The van der Waals surface area contributed by atoms with E-state index in [2.05, 4.69) is 9.72 Å². The van der Waals surface area contributed by atoms with E-state index in [9.17, 15) is 13.6 Å². The van der Waals surface area contributed by atoms with Crippen molar-refractivity contribution in [3.63, 3.8) is 0 Å². The number of esters is 1. The van der Waals surface area contributed by atoms with Crippen molar-refractivity contribution in [2.24, 2.45) is 0 Å². The Bertz CT molecular complexity index is 300. The largest absolute Gasteiger partial charge is 0.461 e. The highest BCUT2D eigenvalue weighted by Gasteiger charge is 2.19. The fraction of sp³-hybridized carbons (Fsp3) is 0.333. The maximum absolute atomic E-state index is 12.6. The van der Waals surface area contributed by atoms with Gasteiger partial charge < -0.3 is 4.74 Å². The SMILES string of the molecule is CCOC(=O)c1nc(F)sc1F. The van der Waals surface area contributed by atoms with Crippen molar-refractivity contribution in [3.05, 3.63) is 16.1 Å². The van der Waals surface area contributed by atoms with Gasteiger partial charge in [-0.15, -0.1) is 0 Å². The van der Waals surface area contributed by atoms with Gasteiger partial charge in [0.15, 0.2) is 5.69 Å². The number of hydrogen-bond donors (Lipinski definition) is 0. The summed E-state index contributed by atoms with van der Waals surface area (Å²) in [7, 11) is 0. The average Bonchev–Trinajstić information content (AvgIpc) is 2.30.